The second-order valence-electron chi connectivity index (χ2n) is 4.84. The summed E-state index contributed by atoms with van der Waals surface area (Å²) in [5.41, 5.74) is 1.45. The first kappa shape index (κ1) is 15.3. The highest BCUT2D eigenvalue weighted by atomic mass is 32.1. The second kappa shape index (κ2) is 5.88. The van der Waals surface area contributed by atoms with Gasteiger partial charge in [-0.05, 0) is 19.1 Å². The molecule has 0 N–H and O–H groups in total. The summed E-state index contributed by atoms with van der Waals surface area (Å²) in [5.74, 6) is 1.01. The van der Waals surface area contributed by atoms with Crippen LogP contribution in [0.25, 0.3) is 10.2 Å². The number of ether oxygens (including phenoxy) is 2. The highest BCUT2D eigenvalue weighted by Gasteiger charge is 2.16. The molecule has 0 aliphatic carbocycles. The molecule has 0 fully saturated rings. The number of carbonyl (C=O) groups is 1. The number of amides is 1. The Kier molecular flexibility index (Phi) is 3.91. The zero-order valence-electron chi connectivity index (χ0n) is 13.1. The molecule has 3 aromatic rings. The van der Waals surface area contributed by atoms with Crippen molar-refractivity contribution in [1.82, 2.24) is 9.72 Å². The fraction of sp³-hybridized carbons (Fsp3) is 0.267. The Bertz CT molecular complexity index is 951. The van der Waals surface area contributed by atoms with Crippen molar-refractivity contribution in [1.29, 1.82) is 0 Å². The summed E-state index contributed by atoms with van der Waals surface area (Å²) >= 11 is 1.34. The van der Waals surface area contributed by atoms with Gasteiger partial charge in [0, 0.05) is 13.1 Å². The standard InChI is InChI=1S/C15H15N3O4S/c1-8-7-11(22-17-8)14(19)16-15-18(2)12-9(20-3)5-6-10(21-4)13(12)23-15/h5-7H,1-4H3. The summed E-state index contributed by atoms with van der Waals surface area (Å²) in [6.07, 6.45) is 0. The number of carbonyl (C=O) groups excluding carboxylic acids is 1. The average Bonchev–Trinajstić information content (AvgIpc) is 3.11. The molecule has 0 aliphatic heterocycles. The van der Waals surface area contributed by atoms with E-state index in [2.05, 4.69) is 10.1 Å². The minimum Gasteiger partial charge on any atom is -0.495 e. The Balaban J connectivity index is 2.20. The zero-order chi connectivity index (χ0) is 16.6. The number of methoxy groups -OCH3 is 2. The predicted octanol–water partition coefficient (Wildman–Crippen LogP) is 2.29. The maximum absolute atomic E-state index is 12.2. The summed E-state index contributed by atoms with van der Waals surface area (Å²) in [5, 5.41) is 3.70. The molecule has 2 heterocycles. The van der Waals surface area contributed by atoms with Crippen LogP contribution in [-0.2, 0) is 7.05 Å². The maximum atomic E-state index is 12.2. The Morgan fingerprint density at radius 3 is 2.61 bits per heavy atom. The van der Waals surface area contributed by atoms with Crippen molar-refractivity contribution < 1.29 is 18.8 Å². The predicted molar refractivity (Wildman–Crippen MR) is 85.0 cm³/mol. The minimum atomic E-state index is -0.481. The summed E-state index contributed by atoms with van der Waals surface area (Å²) in [6, 6.07) is 5.20. The van der Waals surface area contributed by atoms with Crippen molar-refractivity contribution in [3.8, 4) is 11.5 Å². The van der Waals surface area contributed by atoms with E-state index in [0.717, 1.165) is 10.2 Å². The topological polar surface area (TPSA) is 78.8 Å². The van der Waals surface area contributed by atoms with Gasteiger partial charge in [0.15, 0.2) is 4.80 Å². The Labute approximate surface area is 135 Å². The number of hydrogen-bond donors (Lipinski definition) is 0. The lowest BCUT2D eigenvalue weighted by atomic mass is 10.3. The van der Waals surface area contributed by atoms with Crippen molar-refractivity contribution in [2.75, 3.05) is 14.2 Å². The third-order valence-electron chi connectivity index (χ3n) is 3.35. The van der Waals surface area contributed by atoms with Gasteiger partial charge in [0.25, 0.3) is 0 Å². The molecule has 1 amide bonds. The third-order valence-corrected chi connectivity index (χ3v) is 4.50. The van der Waals surface area contributed by atoms with Gasteiger partial charge in [0.05, 0.1) is 19.9 Å². The third kappa shape index (κ3) is 2.61. The van der Waals surface area contributed by atoms with E-state index in [-0.39, 0.29) is 5.76 Å². The van der Waals surface area contributed by atoms with Crippen LogP contribution in [0.1, 0.15) is 16.2 Å². The van der Waals surface area contributed by atoms with Gasteiger partial charge in [0.1, 0.15) is 21.7 Å². The number of nitrogens with zero attached hydrogens (tertiary/aromatic N) is 3. The van der Waals surface area contributed by atoms with Gasteiger partial charge in [-0.3, -0.25) is 4.79 Å². The van der Waals surface area contributed by atoms with E-state index in [0.29, 0.717) is 22.0 Å². The van der Waals surface area contributed by atoms with Crippen LogP contribution in [-0.4, -0.2) is 29.9 Å². The van der Waals surface area contributed by atoms with E-state index >= 15 is 0 Å². The molecule has 2 aromatic heterocycles. The van der Waals surface area contributed by atoms with Gasteiger partial charge in [-0.1, -0.05) is 16.5 Å². The van der Waals surface area contributed by atoms with E-state index in [1.165, 1.54) is 11.3 Å². The lowest BCUT2D eigenvalue weighted by Gasteiger charge is -2.06. The number of hydrogen-bond acceptors (Lipinski definition) is 6. The van der Waals surface area contributed by atoms with Crippen molar-refractivity contribution >= 4 is 27.5 Å². The summed E-state index contributed by atoms with van der Waals surface area (Å²) in [6.45, 7) is 1.75. The van der Waals surface area contributed by atoms with Crippen LogP contribution in [0, 0.1) is 6.92 Å². The van der Waals surface area contributed by atoms with Crippen LogP contribution in [0.5, 0.6) is 11.5 Å². The Morgan fingerprint density at radius 2 is 2.00 bits per heavy atom. The van der Waals surface area contributed by atoms with E-state index in [1.54, 1.807) is 31.8 Å². The van der Waals surface area contributed by atoms with Crippen LogP contribution in [0.15, 0.2) is 27.7 Å². The van der Waals surface area contributed by atoms with Crippen LogP contribution < -0.4 is 14.3 Å². The molecule has 0 atom stereocenters. The molecule has 0 bridgehead atoms. The van der Waals surface area contributed by atoms with Crippen molar-refractivity contribution in [2.45, 2.75) is 6.92 Å². The first-order chi connectivity index (χ1) is 11.0. The molecule has 120 valence electrons. The summed E-state index contributed by atoms with van der Waals surface area (Å²) in [4.78, 5) is 16.8. The maximum Gasteiger partial charge on any atom is 0.318 e. The molecule has 0 unspecified atom stereocenters. The Hall–Kier alpha value is -2.61. The van der Waals surface area contributed by atoms with E-state index in [4.69, 9.17) is 14.0 Å². The van der Waals surface area contributed by atoms with Crippen LogP contribution >= 0.6 is 11.3 Å². The van der Waals surface area contributed by atoms with E-state index in [1.807, 2.05) is 19.2 Å². The van der Waals surface area contributed by atoms with E-state index in [9.17, 15) is 4.79 Å². The molecule has 0 saturated heterocycles. The molecule has 7 nitrogen and oxygen atoms in total. The number of benzene rings is 1. The summed E-state index contributed by atoms with van der Waals surface area (Å²) < 4.78 is 18.4. The normalized spacial score (nSPS) is 11.9. The van der Waals surface area contributed by atoms with Crippen LogP contribution in [0.2, 0.25) is 0 Å². The Morgan fingerprint density at radius 1 is 1.30 bits per heavy atom. The lowest BCUT2D eigenvalue weighted by Crippen LogP contribution is -2.13. The monoisotopic (exact) mass is 333 g/mol. The number of rotatable bonds is 3. The minimum absolute atomic E-state index is 0.110. The molecule has 0 spiro atoms. The van der Waals surface area contributed by atoms with Crippen LogP contribution in [0.4, 0.5) is 0 Å². The van der Waals surface area contributed by atoms with Gasteiger partial charge in [0.2, 0.25) is 5.76 Å². The molecule has 0 radical (unpaired) electrons. The molecule has 0 aliphatic rings. The van der Waals surface area contributed by atoms with Crippen molar-refractivity contribution in [3.63, 3.8) is 0 Å². The molecule has 0 saturated carbocycles. The van der Waals surface area contributed by atoms with Crippen LogP contribution in [0.3, 0.4) is 0 Å². The molecular formula is C15H15N3O4S. The smallest absolute Gasteiger partial charge is 0.318 e. The highest BCUT2D eigenvalue weighted by molar-refractivity contribution is 7.16. The van der Waals surface area contributed by atoms with Gasteiger partial charge >= 0.3 is 5.91 Å². The molecule has 1 aromatic carbocycles. The number of fused-ring (bicyclic) bond motifs is 1. The van der Waals surface area contributed by atoms with Gasteiger partial charge < -0.3 is 18.6 Å². The molecule has 23 heavy (non-hydrogen) atoms. The quantitative estimate of drug-likeness (QED) is 0.735. The number of aryl methyl sites for hydroxylation is 2. The fourth-order valence-electron chi connectivity index (χ4n) is 2.24. The first-order valence-electron chi connectivity index (χ1n) is 6.78. The van der Waals surface area contributed by atoms with Gasteiger partial charge in [-0.25, -0.2) is 0 Å². The summed E-state index contributed by atoms with van der Waals surface area (Å²) in [7, 11) is 5.01. The SMILES string of the molecule is COc1ccc(OC)c2c1sc(=NC(=O)c1cc(C)no1)n2C. The molecule has 8 heteroatoms. The van der Waals surface area contributed by atoms with Gasteiger partial charge in [-0.2, -0.15) is 4.99 Å². The van der Waals surface area contributed by atoms with E-state index < -0.39 is 5.91 Å². The lowest BCUT2D eigenvalue weighted by molar-refractivity contribution is 0.0962. The number of thiazole rings is 1. The second-order valence-corrected chi connectivity index (χ2v) is 5.82. The average molecular weight is 333 g/mol. The molecular weight excluding hydrogens is 318 g/mol. The first-order valence-corrected chi connectivity index (χ1v) is 7.59. The van der Waals surface area contributed by atoms with Gasteiger partial charge in [-0.15, -0.1) is 0 Å². The van der Waals surface area contributed by atoms with Crippen molar-refractivity contribution in [3.05, 3.63) is 34.5 Å². The largest absolute Gasteiger partial charge is 0.495 e. The fourth-order valence-corrected chi connectivity index (χ4v) is 3.36. The molecule has 3 rings (SSSR count). The number of aromatic nitrogens is 2. The zero-order valence-corrected chi connectivity index (χ0v) is 13.9. The van der Waals surface area contributed by atoms with Crippen molar-refractivity contribution in [2.24, 2.45) is 12.0 Å². The highest BCUT2D eigenvalue weighted by Crippen LogP contribution is 2.34.